The van der Waals surface area contributed by atoms with E-state index in [2.05, 4.69) is 0 Å². The van der Waals surface area contributed by atoms with E-state index < -0.39 is 43.6 Å². The maximum absolute atomic E-state index is 13.2. The molecule has 0 spiro atoms. The van der Waals surface area contributed by atoms with Gasteiger partial charge in [0.25, 0.3) is 0 Å². The van der Waals surface area contributed by atoms with Gasteiger partial charge in [-0.3, -0.25) is 0 Å². The molecule has 0 aromatic heterocycles. The molecule has 7 heteroatoms. The SMILES string of the molecule is Cc1c(F)c(F)c(F)c(S(C)(=O)=O)c1F. The van der Waals surface area contributed by atoms with Crippen LogP contribution < -0.4 is 0 Å². The minimum atomic E-state index is -4.28. The summed E-state index contributed by atoms with van der Waals surface area (Å²) in [5.41, 5.74) is -0.866. The van der Waals surface area contributed by atoms with Gasteiger partial charge in [-0.05, 0) is 6.92 Å². The molecule has 0 atom stereocenters. The van der Waals surface area contributed by atoms with Crippen molar-refractivity contribution in [1.82, 2.24) is 0 Å². The van der Waals surface area contributed by atoms with E-state index in [9.17, 15) is 26.0 Å². The fraction of sp³-hybridized carbons (Fsp3) is 0.250. The molecule has 0 heterocycles. The number of hydrogen-bond donors (Lipinski definition) is 0. The van der Waals surface area contributed by atoms with Gasteiger partial charge >= 0.3 is 0 Å². The predicted octanol–water partition coefficient (Wildman–Crippen LogP) is 1.95. The largest absolute Gasteiger partial charge is 0.224 e. The minimum Gasteiger partial charge on any atom is -0.224 e. The van der Waals surface area contributed by atoms with E-state index in [1.54, 1.807) is 0 Å². The average Bonchev–Trinajstić information content (AvgIpc) is 2.09. The maximum atomic E-state index is 13.2. The lowest BCUT2D eigenvalue weighted by Crippen LogP contribution is -2.10. The molecule has 0 unspecified atom stereocenters. The predicted molar refractivity (Wildman–Crippen MR) is 44.1 cm³/mol. The maximum Gasteiger partial charge on any atom is 0.196 e. The van der Waals surface area contributed by atoms with E-state index in [1.807, 2.05) is 0 Å². The van der Waals surface area contributed by atoms with Crippen LogP contribution in [0.2, 0.25) is 0 Å². The molecule has 0 saturated carbocycles. The molecule has 0 aliphatic rings. The summed E-state index contributed by atoms with van der Waals surface area (Å²) in [7, 11) is -4.28. The fourth-order valence-electron chi connectivity index (χ4n) is 1.05. The number of sulfone groups is 1. The second-order valence-electron chi connectivity index (χ2n) is 2.98. The van der Waals surface area contributed by atoms with Crippen molar-refractivity contribution in [2.45, 2.75) is 11.8 Å². The monoisotopic (exact) mass is 242 g/mol. The molecule has 0 N–H and O–H groups in total. The highest BCUT2D eigenvalue weighted by atomic mass is 32.2. The topological polar surface area (TPSA) is 34.1 Å². The molecule has 0 saturated heterocycles. The van der Waals surface area contributed by atoms with Crippen LogP contribution in [0.1, 0.15) is 5.56 Å². The normalized spacial score (nSPS) is 11.9. The average molecular weight is 242 g/mol. The zero-order valence-electron chi connectivity index (χ0n) is 7.74. The molecular weight excluding hydrogens is 236 g/mol. The summed E-state index contributed by atoms with van der Waals surface area (Å²) in [5.74, 6) is -7.35. The van der Waals surface area contributed by atoms with Crippen LogP contribution in [-0.2, 0) is 9.84 Å². The Labute approximate surface area is 83.4 Å². The zero-order valence-corrected chi connectivity index (χ0v) is 8.55. The molecule has 1 rings (SSSR count). The van der Waals surface area contributed by atoms with Crippen LogP contribution in [0.4, 0.5) is 17.6 Å². The van der Waals surface area contributed by atoms with E-state index >= 15 is 0 Å². The first-order valence-corrected chi connectivity index (χ1v) is 5.59. The molecule has 15 heavy (non-hydrogen) atoms. The molecule has 0 aliphatic heterocycles. The number of rotatable bonds is 1. The summed E-state index contributed by atoms with van der Waals surface area (Å²) in [6.07, 6.45) is 0.505. The van der Waals surface area contributed by atoms with Gasteiger partial charge in [-0.15, -0.1) is 0 Å². The minimum absolute atomic E-state index is 0.505. The first-order chi connectivity index (χ1) is 6.68. The van der Waals surface area contributed by atoms with E-state index in [0.717, 1.165) is 6.92 Å². The summed E-state index contributed by atoms with van der Waals surface area (Å²) < 4.78 is 73.5. The highest BCUT2D eigenvalue weighted by Crippen LogP contribution is 2.26. The first kappa shape index (κ1) is 12.0. The van der Waals surface area contributed by atoms with Crippen molar-refractivity contribution < 1.29 is 26.0 Å². The van der Waals surface area contributed by atoms with Gasteiger partial charge in [-0.25, -0.2) is 26.0 Å². The van der Waals surface area contributed by atoms with Gasteiger partial charge in [0.05, 0.1) is 0 Å². The lowest BCUT2D eigenvalue weighted by molar-refractivity contribution is 0.405. The van der Waals surface area contributed by atoms with Crippen molar-refractivity contribution in [2.24, 2.45) is 0 Å². The third-order valence-electron chi connectivity index (χ3n) is 1.81. The van der Waals surface area contributed by atoms with Crippen LogP contribution >= 0.6 is 0 Å². The second-order valence-corrected chi connectivity index (χ2v) is 4.93. The third kappa shape index (κ3) is 1.83. The Morgan fingerprint density at radius 3 is 1.73 bits per heavy atom. The highest BCUT2D eigenvalue weighted by Gasteiger charge is 2.28. The lowest BCUT2D eigenvalue weighted by atomic mass is 10.2. The number of halogens is 4. The smallest absolute Gasteiger partial charge is 0.196 e. The summed E-state index contributed by atoms with van der Waals surface area (Å²) >= 11 is 0. The van der Waals surface area contributed by atoms with Gasteiger partial charge in [-0.2, -0.15) is 0 Å². The number of hydrogen-bond acceptors (Lipinski definition) is 2. The Morgan fingerprint density at radius 1 is 0.867 bits per heavy atom. The van der Waals surface area contributed by atoms with Gasteiger partial charge in [0.1, 0.15) is 4.90 Å². The molecule has 0 amide bonds. The van der Waals surface area contributed by atoms with Crippen LogP contribution in [0.15, 0.2) is 4.90 Å². The van der Waals surface area contributed by atoms with Crippen LogP contribution in [0.3, 0.4) is 0 Å². The van der Waals surface area contributed by atoms with Crippen molar-refractivity contribution in [3.8, 4) is 0 Å². The van der Waals surface area contributed by atoms with Crippen molar-refractivity contribution >= 4 is 9.84 Å². The summed E-state index contributed by atoms with van der Waals surface area (Å²) in [4.78, 5) is -1.45. The number of benzene rings is 1. The molecular formula is C8H6F4O2S. The van der Waals surface area contributed by atoms with E-state index in [0.29, 0.717) is 6.26 Å². The van der Waals surface area contributed by atoms with E-state index in [-0.39, 0.29) is 0 Å². The standard InChI is InChI=1S/C8H6F4O2S/c1-3-4(9)6(11)7(12)8(5(3)10)15(2,13)14/h1-2H3. The molecule has 84 valence electrons. The first-order valence-electron chi connectivity index (χ1n) is 3.70. The summed E-state index contributed by atoms with van der Waals surface area (Å²) in [5, 5.41) is 0. The molecule has 0 bridgehead atoms. The third-order valence-corrected chi connectivity index (χ3v) is 2.91. The second kappa shape index (κ2) is 3.48. The van der Waals surface area contributed by atoms with Crippen LogP contribution in [0.25, 0.3) is 0 Å². The van der Waals surface area contributed by atoms with Gasteiger partial charge in [0.15, 0.2) is 33.1 Å². The van der Waals surface area contributed by atoms with Crippen LogP contribution in [0, 0.1) is 30.2 Å². The summed E-state index contributed by atoms with van der Waals surface area (Å²) in [6.45, 7) is 0.821. The molecule has 0 fully saturated rings. The molecule has 1 aromatic rings. The zero-order chi connectivity index (χ0) is 12.0. The molecule has 0 aliphatic carbocycles. The van der Waals surface area contributed by atoms with Crippen LogP contribution in [0.5, 0.6) is 0 Å². The van der Waals surface area contributed by atoms with Gasteiger partial charge < -0.3 is 0 Å². The van der Waals surface area contributed by atoms with E-state index in [1.165, 1.54) is 0 Å². The Hall–Kier alpha value is -1.11. The fourth-order valence-corrected chi connectivity index (χ4v) is 1.94. The van der Waals surface area contributed by atoms with E-state index in [4.69, 9.17) is 0 Å². The van der Waals surface area contributed by atoms with Crippen molar-refractivity contribution in [1.29, 1.82) is 0 Å². The quantitative estimate of drug-likeness (QED) is 0.326. The van der Waals surface area contributed by atoms with Gasteiger partial charge in [0.2, 0.25) is 0 Å². The van der Waals surface area contributed by atoms with Gasteiger partial charge in [0, 0.05) is 11.8 Å². The Balaban J connectivity index is 3.84. The van der Waals surface area contributed by atoms with Crippen molar-refractivity contribution in [2.75, 3.05) is 6.26 Å². The van der Waals surface area contributed by atoms with Crippen molar-refractivity contribution in [3.63, 3.8) is 0 Å². The Bertz CT molecular complexity index is 493. The van der Waals surface area contributed by atoms with Crippen LogP contribution in [-0.4, -0.2) is 14.7 Å². The Morgan fingerprint density at radius 2 is 1.33 bits per heavy atom. The summed E-state index contributed by atoms with van der Waals surface area (Å²) in [6, 6.07) is 0. The molecule has 1 aromatic carbocycles. The highest BCUT2D eigenvalue weighted by molar-refractivity contribution is 7.90. The molecule has 0 radical (unpaired) electrons. The van der Waals surface area contributed by atoms with Crippen molar-refractivity contribution in [3.05, 3.63) is 28.8 Å². The lowest BCUT2D eigenvalue weighted by Gasteiger charge is -2.07. The van der Waals surface area contributed by atoms with Gasteiger partial charge in [-0.1, -0.05) is 0 Å². The molecule has 2 nitrogen and oxygen atoms in total. The Kier molecular flexibility index (Phi) is 2.77.